The number of halogens is 2. The van der Waals surface area contributed by atoms with E-state index >= 15 is 0 Å². The van der Waals surface area contributed by atoms with Crippen molar-refractivity contribution in [1.29, 1.82) is 0 Å². The summed E-state index contributed by atoms with van der Waals surface area (Å²) < 4.78 is 13.6. The minimum absolute atomic E-state index is 0.253. The summed E-state index contributed by atoms with van der Waals surface area (Å²) in [5.41, 5.74) is 2.36. The lowest BCUT2D eigenvalue weighted by atomic mass is 10.1. The van der Waals surface area contributed by atoms with Gasteiger partial charge in [-0.05, 0) is 77.8 Å². The van der Waals surface area contributed by atoms with Crippen LogP contribution < -0.4 is 5.32 Å². The van der Waals surface area contributed by atoms with Crippen molar-refractivity contribution in [3.05, 3.63) is 63.9 Å². The third-order valence-electron chi connectivity index (χ3n) is 4.22. The van der Waals surface area contributed by atoms with Crippen molar-refractivity contribution < 1.29 is 9.18 Å². The summed E-state index contributed by atoms with van der Waals surface area (Å²) in [6.07, 6.45) is 3.84. The Balaban J connectivity index is 1.68. The Bertz CT molecular complexity index is 729. The maximum atomic E-state index is 13.1. The molecule has 5 heteroatoms. The van der Waals surface area contributed by atoms with Crippen molar-refractivity contribution in [3.8, 4) is 0 Å². The van der Waals surface area contributed by atoms with E-state index in [-0.39, 0.29) is 11.7 Å². The van der Waals surface area contributed by atoms with Crippen LogP contribution in [-0.2, 0) is 6.54 Å². The average molecular weight is 391 g/mol. The molecule has 0 aliphatic carbocycles. The van der Waals surface area contributed by atoms with Crippen LogP contribution >= 0.6 is 15.9 Å². The first-order valence-corrected chi connectivity index (χ1v) is 8.99. The fraction of sp³-hybridized carbons (Fsp3) is 0.316. The highest BCUT2D eigenvalue weighted by molar-refractivity contribution is 9.10. The van der Waals surface area contributed by atoms with Crippen molar-refractivity contribution in [2.45, 2.75) is 25.8 Å². The number of carbonyl (C=O) groups is 1. The number of carbonyl (C=O) groups excluding carboxylic acids is 1. The molecule has 2 aromatic rings. The smallest absolute Gasteiger partial charge is 0.256 e. The van der Waals surface area contributed by atoms with Crippen molar-refractivity contribution in [1.82, 2.24) is 4.90 Å². The van der Waals surface area contributed by atoms with Gasteiger partial charge in [0.05, 0.1) is 5.56 Å². The fourth-order valence-corrected chi connectivity index (χ4v) is 3.53. The van der Waals surface area contributed by atoms with Crippen LogP contribution in [-0.4, -0.2) is 23.9 Å². The summed E-state index contributed by atoms with van der Waals surface area (Å²) in [6, 6.07) is 12.0. The van der Waals surface area contributed by atoms with Gasteiger partial charge in [0.15, 0.2) is 0 Å². The van der Waals surface area contributed by atoms with Gasteiger partial charge in [0.2, 0.25) is 0 Å². The van der Waals surface area contributed by atoms with Crippen LogP contribution in [0.15, 0.2) is 46.9 Å². The molecular formula is C19H20BrFN2O. The second kappa shape index (κ2) is 7.90. The Morgan fingerprint density at radius 2 is 1.92 bits per heavy atom. The number of nitrogens with zero attached hydrogens (tertiary/aromatic N) is 1. The lowest BCUT2D eigenvalue weighted by molar-refractivity contribution is 0.102. The molecule has 0 spiro atoms. The molecule has 24 heavy (non-hydrogen) atoms. The zero-order chi connectivity index (χ0) is 16.9. The SMILES string of the molecule is O=C(Nc1cccc(CN2CCCCC2)c1)c1ccc(F)cc1Br. The molecule has 2 aromatic carbocycles. The van der Waals surface area contributed by atoms with Gasteiger partial charge in [-0.1, -0.05) is 18.6 Å². The third kappa shape index (κ3) is 4.42. The summed E-state index contributed by atoms with van der Waals surface area (Å²) in [6.45, 7) is 3.18. The topological polar surface area (TPSA) is 32.3 Å². The van der Waals surface area contributed by atoms with Crippen molar-refractivity contribution in [3.63, 3.8) is 0 Å². The molecule has 0 saturated carbocycles. The van der Waals surface area contributed by atoms with Gasteiger partial charge >= 0.3 is 0 Å². The van der Waals surface area contributed by atoms with Crippen LogP contribution in [0.5, 0.6) is 0 Å². The molecule has 1 amide bonds. The molecule has 1 aliphatic rings. The zero-order valence-electron chi connectivity index (χ0n) is 13.4. The molecule has 3 nitrogen and oxygen atoms in total. The minimum atomic E-state index is -0.373. The Kier molecular flexibility index (Phi) is 5.63. The quantitative estimate of drug-likeness (QED) is 0.810. The molecule has 1 heterocycles. The minimum Gasteiger partial charge on any atom is -0.322 e. The third-order valence-corrected chi connectivity index (χ3v) is 4.87. The number of hydrogen-bond donors (Lipinski definition) is 1. The first-order chi connectivity index (χ1) is 11.6. The van der Waals surface area contributed by atoms with Gasteiger partial charge in [0, 0.05) is 16.7 Å². The maximum absolute atomic E-state index is 13.1. The molecule has 1 saturated heterocycles. The molecule has 1 N–H and O–H groups in total. The van der Waals surface area contributed by atoms with Crippen LogP contribution in [0.3, 0.4) is 0 Å². The normalized spacial score (nSPS) is 15.2. The predicted octanol–water partition coefficient (Wildman–Crippen LogP) is 4.83. The number of rotatable bonds is 4. The van der Waals surface area contributed by atoms with Crippen molar-refractivity contribution >= 4 is 27.5 Å². The highest BCUT2D eigenvalue weighted by Gasteiger charge is 2.13. The zero-order valence-corrected chi connectivity index (χ0v) is 15.0. The lowest BCUT2D eigenvalue weighted by Gasteiger charge is -2.26. The van der Waals surface area contributed by atoms with E-state index in [9.17, 15) is 9.18 Å². The second-order valence-electron chi connectivity index (χ2n) is 6.12. The number of nitrogens with one attached hydrogen (secondary N) is 1. The van der Waals surface area contributed by atoms with E-state index in [0.29, 0.717) is 10.0 Å². The average Bonchev–Trinajstić information content (AvgIpc) is 2.56. The van der Waals surface area contributed by atoms with Crippen LogP contribution in [0, 0.1) is 5.82 Å². The Labute approximate surface area is 150 Å². The maximum Gasteiger partial charge on any atom is 0.256 e. The first kappa shape index (κ1) is 17.1. The number of amides is 1. The molecule has 126 valence electrons. The predicted molar refractivity (Wildman–Crippen MR) is 97.6 cm³/mol. The fourth-order valence-electron chi connectivity index (χ4n) is 3.00. The summed E-state index contributed by atoms with van der Waals surface area (Å²) in [5.74, 6) is -0.626. The van der Waals surface area contributed by atoms with E-state index in [0.717, 1.165) is 25.3 Å². The molecular weight excluding hydrogens is 371 g/mol. The van der Waals surface area contributed by atoms with E-state index in [1.807, 2.05) is 18.2 Å². The number of hydrogen-bond acceptors (Lipinski definition) is 2. The Hall–Kier alpha value is -1.72. The van der Waals surface area contributed by atoms with Gasteiger partial charge < -0.3 is 5.32 Å². The van der Waals surface area contributed by atoms with E-state index in [1.165, 1.54) is 43.0 Å². The van der Waals surface area contributed by atoms with Gasteiger partial charge in [-0.3, -0.25) is 9.69 Å². The molecule has 0 atom stereocenters. The molecule has 0 aromatic heterocycles. The molecule has 0 bridgehead atoms. The van der Waals surface area contributed by atoms with Crippen molar-refractivity contribution in [2.75, 3.05) is 18.4 Å². The van der Waals surface area contributed by atoms with E-state index in [4.69, 9.17) is 0 Å². The van der Waals surface area contributed by atoms with Crippen molar-refractivity contribution in [2.24, 2.45) is 0 Å². The summed E-state index contributed by atoms with van der Waals surface area (Å²) in [7, 11) is 0. The number of likely N-dealkylation sites (tertiary alicyclic amines) is 1. The molecule has 3 rings (SSSR count). The van der Waals surface area contributed by atoms with Crippen LogP contribution in [0.4, 0.5) is 10.1 Å². The van der Waals surface area contributed by atoms with Gasteiger partial charge in [-0.25, -0.2) is 4.39 Å². The van der Waals surface area contributed by atoms with E-state index in [2.05, 4.69) is 32.2 Å². The summed E-state index contributed by atoms with van der Waals surface area (Å²) in [4.78, 5) is 14.8. The van der Waals surface area contributed by atoms with Gasteiger partial charge in [0.1, 0.15) is 5.82 Å². The van der Waals surface area contributed by atoms with Crippen LogP contribution in [0.25, 0.3) is 0 Å². The largest absolute Gasteiger partial charge is 0.322 e. The molecule has 0 radical (unpaired) electrons. The Morgan fingerprint density at radius 1 is 1.12 bits per heavy atom. The highest BCUT2D eigenvalue weighted by Crippen LogP contribution is 2.21. The molecule has 1 fully saturated rings. The van der Waals surface area contributed by atoms with Gasteiger partial charge in [-0.15, -0.1) is 0 Å². The number of piperidine rings is 1. The monoisotopic (exact) mass is 390 g/mol. The van der Waals surface area contributed by atoms with Crippen LogP contribution in [0.2, 0.25) is 0 Å². The second-order valence-corrected chi connectivity index (χ2v) is 6.97. The Morgan fingerprint density at radius 3 is 2.67 bits per heavy atom. The van der Waals surface area contributed by atoms with Gasteiger partial charge in [0.25, 0.3) is 5.91 Å². The van der Waals surface area contributed by atoms with Gasteiger partial charge in [-0.2, -0.15) is 0 Å². The van der Waals surface area contributed by atoms with Crippen LogP contribution in [0.1, 0.15) is 35.2 Å². The molecule has 1 aliphatic heterocycles. The lowest BCUT2D eigenvalue weighted by Crippen LogP contribution is -2.29. The highest BCUT2D eigenvalue weighted by atomic mass is 79.9. The summed E-state index contributed by atoms with van der Waals surface area (Å²) in [5, 5.41) is 2.89. The summed E-state index contributed by atoms with van der Waals surface area (Å²) >= 11 is 3.23. The molecule has 0 unspecified atom stereocenters. The number of benzene rings is 2. The van der Waals surface area contributed by atoms with E-state index < -0.39 is 0 Å². The first-order valence-electron chi connectivity index (χ1n) is 8.19. The van der Waals surface area contributed by atoms with E-state index in [1.54, 1.807) is 0 Å². The number of anilines is 1. The standard InChI is InChI=1S/C19H20BrFN2O/c20-18-12-15(21)7-8-17(18)19(24)22-16-6-4-5-14(11-16)13-23-9-2-1-3-10-23/h4-8,11-12H,1-3,9-10,13H2,(H,22,24).